The maximum Gasteiger partial charge on any atom is 0.217 e. The lowest BCUT2D eigenvalue weighted by atomic mass is 9.94. The molecule has 8 fully saturated rings. The van der Waals surface area contributed by atoms with Crippen LogP contribution in [0.1, 0.15) is 55.4 Å². The van der Waals surface area contributed by atoms with Crippen LogP contribution in [-0.2, 0) is 80.6 Å². The standard InChI is InChI=1S/C52H88N2O35/c1-11-23(59)31(67)35(71)47(75-11)88-43-33(69)25(61)12(2)78-50(43)85-41-28(64)16(6)77-49(37(41)73)84-39-22(54-18(8)58)46(82-20(10-56)30(39)66)87-42-32(68)24(60)14(4)80-52(42)89-44-34(70)26(62)13(3)79-51(44)86-40-27(63)15(5)76-48(36(40)72)83-38-21(53-17(7)57)45(74)81-19(9-55)29(38)65/h11-16,19-52,55-56,59-74H,9-10H2,1-8H3,(H,53,57)(H,54,58)/t11-,12-,13-,14-,15-,16-,19+,20+,21+,22+,23-,24-,25-,26-,27-,28-,29+,30+,31+,32+,33+,34+,35+,36+,37+,38+,39+,40+,41+,42+,43+,44+,45+,46-,47-,48-,49-,50-,51-,52-/m0/s1. The van der Waals surface area contributed by atoms with E-state index in [1.165, 1.54) is 41.5 Å². The van der Waals surface area contributed by atoms with Gasteiger partial charge < -0.3 is 174 Å². The molecule has 37 nitrogen and oxygen atoms in total. The molecular weight excluding hydrogens is 1210 g/mol. The lowest BCUT2D eigenvalue weighted by Crippen LogP contribution is -2.70. The highest BCUT2D eigenvalue weighted by molar-refractivity contribution is 5.73. The maximum atomic E-state index is 13.1. The van der Waals surface area contributed by atoms with Crippen molar-refractivity contribution in [1.82, 2.24) is 10.6 Å². The van der Waals surface area contributed by atoms with E-state index in [9.17, 15) is 102 Å². The zero-order valence-electron chi connectivity index (χ0n) is 49.5. The van der Waals surface area contributed by atoms with Gasteiger partial charge in [0.2, 0.25) is 11.8 Å². The molecule has 0 saturated carbocycles. The van der Waals surface area contributed by atoms with Crippen molar-refractivity contribution in [2.75, 3.05) is 13.2 Å². The maximum absolute atomic E-state index is 13.1. The predicted octanol–water partition coefficient (Wildman–Crippen LogP) is -12.0. The predicted molar refractivity (Wildman–Crippen MR) is 279 cm³/mol. The molecule has 0 aromatic rings. The summed E-state index contributed by atoms with van der Waals surface area (Å²) in [5.74, 6) is -1.57. The molecule has 516 valence electrons. The molecule has 40 atom stereocenters. The first-order chi connectivity index (χ1) is 41.8. The van der Waals surface area contributed by atoms with Crippen LogP contribution in [0, 0.1) is 0 Å². The summed E-state index contributed by atoms with van der Waals surface area (Å²) in [7, 11) is 0. The molecule has 0 spiro atoms. The molecule has 0 aliphatic carbocycles. The first-order valence-electron chi connectivity index (χ1n) is 29.3. The van der Waals surface area contributed by atoms with E-state index in [1.807, 2.05) is 0 Å². The molecule has 20 N–H and O–H groups in total. The third-order valence-corrected chi connectivity index (χ3v) is 17.2. The minimum atomic E-state index is -2.14. The molecule has 8 aliphatic heterocycles. The van der Waals surface area contributed by atoms with E-state index < -0.39 is 271 Å². The number of aliphatic hydroxyl groups excluding tert-OH is 18. The molecular formula is C52H88N2O35. The average Bonchev–Trinajstić information content (AvgIpc) is 0.899. The van der Waals surface area contributed by atoms with Crippen LogP contribution in [0.15, 0.2) is 0 Å². The van der Waals surface area contributed by atoms with Crippen LogP contribution < -0.4 is 10.6 Å². The summed E-state index contributed by atoms with van der Waals surface area (Å²) in [6, 6.07) is -3.32. The Morgan fingerprint density at radius 1 is 0.292 bits per heavy atom. The molecule has 0 aromatic heterocycles. The van der Waals surface area contributed by atoms with Crippen molar-refractivity contribution in [2.45, 2.75) is 301 Å². The number of rotatable bonds is 18. The number of carbonyl (C=O) groups is 2. The van der Waals surface area contributed by atoms with Crippen LogP contribution >= 0.6 is 0 Å². The van der Waals surface area contributed by atoms with Crippen LogP contribution in [0.5, 0.6) is 0 Å². The highest BCUT2D eigenvalue weighted by Crippen LogP contribution is 2.39. The van der Waals surface area contributed by atoms with Crippen molar-refractivity contribution >= 4 is 11.8 Å². The van der Waals surface area contributed by atoms with Crippen LogP contribution in [0.4, 0.5) is 0 Å². The number of amides is 2. The van der Waals surface area contributed by atoms with Crippen molar-refractivity contribution in [3.8, 4) is 0 Å². The van der Waals surface area contributed by atoms with Gasteiger partial charge in [0.1, 0.15) is 159 Å². The molecule has 8 aliphatic rings. The summed E-state index contributed by atoms with van der Waals surface area (Å²) in [5, 5.41) is 205. The fourth-order valence-electron chi connectivity index (χ4n) is 11.9. The number of nitrogens with one attached hydrogen (secondary N) is 2. The summed E-state index contributed by atoms with van der Waals surface area (Å²) in [6.45, 7) is 8.16. The van der Waals surface area contributed by atoms with Crippen molar-refractivity contribution in [1.29, 1.82) is 0 Å². The Morgan fingerprint density at radius 3 is 0.955 bits per heavy atom. The minimum absolute atomic E-state index is 0.709. The van der Waals surface area contributed by atoms with E-state index in [2.05, 4.69) is 10.6 Å². The first-order valence-corrected chi connectivity index (χ1v) is 29.3. The van der Waals surface area contributed by atoms with Gasteiger partial charge in [-0.15, -0.1) is 0 Å². The monoisotopic (exact) mass is 1300 g/mol. The van der Waals surface area contributed by atoms with E-state index in [0.717, 1.165) is 13.8 Å². The van der Waals surface area contributed by atoms with Gasteiger partial charge in [0.05, 0.1) is 49.8 Å². The van der Waals surface area contributed by atoms with E-state index in [0.29, 0.717) is 0 Å². The average molecular weight is 1300 g/mol. The van der Waals surface area contributed by atoms with Gasteiger partial charge in [-0.3, -0.25) is 9.59 Å². The third-order valence-electron chi connectivity index (χ3n) is 17.2. The second-order valence-electron chi connectivity index (χ2n) is 23.7. The summed E-state index contributed by atoms with van der Waals surface area (Å²) >= 11 is 0. The van der Waals surface area contributed by atoms with Gasteiger partial charge in [-0.05, 0) is 41.5 Å². The van der Waals surface area contributed by atoms with Gasteiger partial charge in [-0.25, -0.2) is 0 Å². The van der Waals surface area contributed by atoms with Crippen molar-refractivity contribution in [3.05, 3.63) is 0 Å². The zero-order chi connectivity index (χ0) is 65.7. The van der Waals surface area contributed by atoms with Gasteiger partial charge >= 0.3 is 0 Å². The Morgan fingerprint density at radius 2 is 0.573 bits per heavy atom. The van der Waals surface area contributed by atoms with Crippen molar-refractivity contribution in [2.24, 2.45) is 0 Å². The van der Waals surface area contributed by atoms with Gasteiger partial charge in [-0.1, -0.05) is 0 Å². The van der Waals surface area contributed by atoms with Crippen LogP contribution in [-0.4, -0.2) is 362 Å². The van der Waals surface area contributed by atoms with Crippen LogP contribution in [0.25, 0.3) is 0 Å². The second kappa shape index (κ2) is 30.1. The number of hydrogen-bond donors (Lipinski definition) is 20. The topological polar surface area (TPSA) is 561 Å². The summed E-state index contributed by atoms with van der Waals surface area (Å²) in [6.07, 6.45) is -67.4. The van der Waals surface area contributed by atoms with E-state index >= 15 is 0 Å². The number of carbonyl (C=O) groups excluding carboxylic acids is 2. The zero-order valence-corrected chi connectivity index (χ0v) is 49.5. The lowest BCUT2D eigenvalue weighted by molar-refractivity contribution is -0.403. The molecule has 37 heteroatoms. The normalized spacial score (nSPS) is 53.4. The number of aliphatic hydroxyl groups is 18. The van der Waals surface area contributed by atoms with Gasteiger partial charge in [0.15, 0.2) is 50.3 Å². The largest absolute Gasteiger partial charge is 0.394 e. The van der Waals surface area contributed by atoms with E-state index in [4.69, 9.17) is 71.1 Å². The molecule has 0 aromatic carbocycles. The Labute approximate surface area is 508 Å². The number of ether oxygens (including phenoxy) is 15. The van der Waals surface area contributed by atoms with E-state index in [1.54, 1.807) is 0 Å². The Hall–Kier alpha value is -2.38. The Bertz CT molecular complexity index is 2280. The molecule has 0 radical (unpaired) electrons. The Balaban J connectivity index is 1.04. The molecule has 8 rings (SSSR count). The highest BCUT2D eigenvalue weighted by Gasteiger charge is 2.59. The van der Waals surface area contributed by atoms with Crippen molar-refractivity contribution in [3.63, 3.8) is 0 Å². The minimum Gasteiger partial charge on any atom is -0.394 e. The van der Waals surface area contributed by atoms with Crippen LogP contribution in [0.3, 0.4) is 0 Å². The third kappa shape index (κ3) is 15.3. The smallest absolute Gasteiger partial charge is 0.217 e. The fraction of sp³-hybridized carbons (Fsp3) is 0.962. The molecule has 89 heavy (non-hydrogen) atoms. The molecule has 2 amide bonds. The second-order valence-corrected chi connectivity index (χ2v) is 23.7. The van der Waals surface area contributed by atoms with Gasteiger partial charge in [0.25, 0.3) is 0 Å². The first kappa shape index (κ1) is 72.4. The highest BCUT2D eigenvalue weighted by atomic mass is 16.8. The molecule has 8 saturated heterocycles. The SMILES string of the molecule is CC(=O)N[C@@H]1[C@@H](O[C@@H]2O[C@@H](C)[C@H](O)[C@@H](O[C@@H]3O[C@@H](C)[C@H](O)[C@@H](O)[C@H]3O[C@@H]3O[C@@H](C)[C@H](O)[C@@H](O)[C@H]3O[C@@H]3O[C@H](CO)[C@@H](O)[C@H](O[C@@H]4O[C@@H](C)[C@H](O)[C@@H](O[C@@H]5O[C@@H](C)[C@H](O)[C@@H](O)[C@H]5O[C@@H]5O[C@@H](C)[C@H](O)[C@@H](O)[C@H]5O)[C@H]4O)[C@H]3NC(C)=O)[C@H]2O)[C@H](O)[C@@H](CO)O[C@H]1O. The Kier molecular flexibility index (Phi) is 24.5. The van der Waals surface area contributed by atoms with E-state index in [-0.39, 0.29) is 0 Å². The molecule has 0 unspecified atom stereocenters. The van der Waals surface area contributed by atoms with Crippen LogP contribution in [0.2, 0.25) is 0 Å². The molecule has 8 heterocycles. The van der Waals surface area contributed by atoms with Crippen molar-refractivity contribution < 1.29 is 173 Å². The lowest BCUT2D eigenvalue weighted by Gasteiger charge is -2.51. The van der Waals surface area contributed by atoms with Gasteiger partial charge in [-0.2, -0.15) is 0 Å². The van der Waals surface area contributed by atoms with Gasteiger partial charge in [0, 0.05) is 13.8 Å². The number of hydrogen-bond acceptors (Lipinski definition) is 35. The summed E-state index contributed by atoms with van der Waals surface area (Å²) in [4.78, 5) is 25.2. The fourth-order valence-corrected chi connectivity index (χ4v) is 11.9. The summed E-state index contributed by atoms with van der Waals surface area (Å²) < 4.78 is 88.8. The summed E-state index contributed by atoms with van der Waals surface area (Å²) in [5.41, 5.74) is 0. The quantitative estimate of drug-likeness (QED) is 0.0606. The molecule has 0 bridgehead atoms.